The lowest BCUT2D eigenvalue weighted by molar-refractivity contribution is -0.131. The highest BCUT2D eigenvalue weighted by Gasteiger charge is 2.23. The maximum absolute atomic E-state index is 12.5. The summed E-state index contributed by atoms with van der Waals surface area (Å²) >= 11 is 0. The molecule has 0 fully saturated rings. The molecule has 0 spiro atoms. The number of carbonyl (C=O) groups is 1. The van der Waals surface area contributed by atoms with E-state index in [1.807, 2.05) is 0 Å². The first-order valence-electron chi connectivity index (χ1n) is 24.6. The second-order valence-corrected chi connectivity index (χ2v) is 17.0. The third-order valence-corrected chi connectivity index (χ3v) is 11.6. The summed E-state index contributed by atoms with van der Waals surface area (Å²) in [7, 11) is 0. The number of amides is 1. The Labute approximate surface area is 343 Å². The fourth-order valence-electron chi connectivity index (χ4n) is 7.69. The minimum atomic E-state index is -1.08. The molecule has 326 valence electrons. The van der Waals surface area contributed by atoms with Gasteiger partial charge in [0.25, 0.3) is 0 Å². The molecule has 0 rings (SSSR count). The van der Waals surface area contributed by atoms with Crippen molar-refractivity contribution in [2.45, 2.75) is 283 Å². The molecule has 5 nitrogen and oxygen atoms in total. The van der Waals surface area contributed by atoms with Gasteiger partial charge in [-0.2, -0.15) is 0 Å². The number of nitrogens with one attached hydrogen (secondary N) is 1. The monoisotopic (exact) mass is 776 g/mol. The van der Waals surface area contributed by atoms with Gasteiger partial charge in [-0.15, -0.1) is 0 Å². The van der Waals surface area contributed by atoms with Crippen LogP contribution in [0.4, 0.5) is 0 Å². The van der Waals surface area contributed by atoms with Crippen LogP contribution in [0.15, 0.2) is 24.3 Å². The van der Waals surface area contributed by atoms with Crippen LogP contribution >= 0.6 is 0 Å². The quantitative estimate of drug-likeness (QED) is 0.0366. The van der Waals surface area contributed by atoms with Gasteiger partial charge in [-0.3, -0.25) is 4.79 Å². The molecule has 0 radical (unpaired) electrons. The topological polar surface area (TPSA) is 89.8 Å². The maximum atomic E-state index is 12.5. The Morgan fingerprint density at radius 2 is 0.745 bits per heavy atom. The zero-order valence-electron chi connectivity index (χ0n) is 37.1. The number of carbonyl (C=O) groups excluding carboxylic acids is 1. The van der Waals surface area contributed by atoms with Crippen LogP contribution in [0.25, 0.3) is 0 Å². The van der Waals surface area contributed by atoms with Crippen LogP contribution < -0.4 is 5.32 Å². The molecule has 3 unspecified atom stereocenters. The van der Waals surface area contributed by atoms with Gasteiger partial charge in [0.05, 0.1) is 18.8 Å². The van der Waals surface area contributed by atoms with Gasteiger partial charge < -0.3 is 20.6 Å². The molecule has 0 aromatic carbocycles. The summed E-state index contributed by atoms with van der Waals surface area (Å²) in [6.45, 7) is 4.25. The molecule has 0 aliphatic rings. The summed E-state index contributed by atoms with van der Waals surface area (Å²) in [5, 5.41) is 33.4. The summed E-state index contributed by atoms with van der Waals surface area (Å²) in [5.41, 5.74) is 0. The molecule has 0 aliphatic heterocycles. The predicted molar refractivity (Wildman–Crippen MR) is 241 cm³/mol. The second kappa shape index (κ2) is 45.5. The second-order valence-electron chi connectivity index (χ2n) is 17.0. The Balaban J connectivity index is 3.61. The van der Waals surface area contributed by atoms with E-state index < -0.39 is 24.2 Å². The first-order valence-corrected chi connectivity index (χ1v) is 24.6. The predicted octanol–water partition coefficient (Wildman–Crippen LogP) is 14.6. The van der Waals surface area contributed by atoms with Crippen LogP contribution in [-0.2, 0) is 4.79 Å². The molecule has 55 heavy (non-hydrogen) atoms. The van der Waals surface area contributed by atoms with Gasteiger partial charge in [-0.05, 0) is 44.9 Å². The van der Waals surface area contributed by atoms with E-state index in [1.54, 1.807) is 0 Å². The number of hydrogen-bond donors (Lipinski definition) is 4. The van der Waals surface area contributed by atoms with Gasteiger partial charge in [0, 0.05) is 0 Å². The summed E-state index contributed by atoms with van der Waals surface area (Å²) in [4.78, 5) is 12.5. The highest BCUT2D eigenvalue weighted by Crippen LogP contribution is 2.17. The first-order chi connectivity index (χ1) is 27.1. The van der Waals surface area contributed by atoms with E-state index in [0.717, 1.165) is 44.9 Å². The molecule has 0 saturated heterocycles. The van der Waals surface area contributed by atoms with E-state index in [-0.39, 0.29) is 6.61 Å². The minimum absolute atomic E-state index is 0.315. The summed E-state index contributed by atoms with van der Waals surface area (Å²) in [5.74, 6) is -0.476. The van der Waals surface area contributed by atoms with Gasteiger partial charge in [0.1, 0.15) is 6.10 Å². The van der Waals surface area contributed by atoms with Crippen LogP contribution in [0, 0.1) is 0 Å². The number of aliphatic hydroxyl groups excluding tert-OH is 3. The largest absolute Gasteiger partial charge is 0.394 e. The van der Waals surface area contributed by atoms with E-state index in [1.165, 1.54) is 193 Å². The summed E-state index contributed by atoms with van der Waals surface area (Å²) in [6, 6.07) is -0.715. The molecule has 0 aromatic heterocycles. The standard InChI is InChI=1S/C50H97NO4/c1-3-5-7-9-11-13-15-17-19-21-23-24-25-27-29-31-33-35-37-39-41-43-45-49(54)50(55)51-47(46-52)48(53)44-42-40-38-36-34-32-30-28-26-22-20-18-16-14-12-10-8-6-4-2/h23-24,27,29,47-49,52-54H,3-22,25-26,28,30-46H2,1-2H3,(H,51,55)/b24-23-,29-27-. The molecular weight excluding hydrogens is 679 g/mol. The number of hydrogen-bond acceptors (Lipinski definition) is 4. The van der Waals surface area contributed by atoms with Gasteiger partial charge in [-0.25, -0.2) is 0 Å². The van der Waals surface area contributed by atoms with Crippen molar-refractivity contribution in [3.05, 3.63) is 24.3 Å². The smallest absolute Gasteiger partial charge is 0.249 e. The summed E-state index contributed by atoms with van der Waals surface area (Å²) < 4.78 is 0. The molecule has 1 amide bonds. The Morgan fingerprint density at radius 3 is 1.09 bits per heavy atom. The lowest BCUT2D eigenvalue weighted by Gasteiger charge is -2.23. The number of allylic oxidation sites excluding steroid dienone is 4. The molecular formula is C50H97NO4. The Bertz CT molecular complexity index is 814. The normalized spacial score (nSPS) is 13.6. The third-order valence-electron chi connectivity index (χ3n) is 11.6. The zero-order chi connectivity index (χ0) is 40.1. The number of rotatable bonds is 45. The SMILES string of the molecule is CCCCCCCCCCC/C=C\C/C=C\CCCCCCCCC(O)C(=O)NC(CO)C(O)CCCCCCCCCCCCCCCCCCCCC. The van der Waals surface area contributed by atoms with E-state index in [9.17, 15) is 20.1 Å². The molecule has 0 aromatic rings. The van der Waals surface area contributed by atoms with Crippen molar-refractivity contribution in [3.63, 3.8) is 0 Å². The van der Waals surface area contributed by atoms with Crippen molar-refractivity contribution in [2.24, 2.45) is 0 Å². The van der Waals surface area contributed by atoms with Gasteiger partial charge >= 0.3 is 0 Å². The molecule has 0 bridgehead atoms. The Hall–Kier alpha value is -1.17. The molecule has 0 saturated carbocycles. The summed E-state index contributed by atoms with van der Waals surface area (Å²) in [6.07, 6.45) is 56.2. The molecule has 4 N–H and O–H groups in total. The zero-order valence-corrected chi connectivity index (χ0v) is 37.1. The average Bonchev–Trinajstić information content (AvgIpc) is 3.19. The molecule has 5 heteroatoms. The van der Waals surface area contributed by atoms with Crippen LogP contribution in [0.1, 0.15) is 264 Å². The molecule has 3 atom stereocenters. The van der Waals surface area contributed by atoms with E-state index in [2.05, 4.69) is 43.5 Å². The lowest BCUT2D eigenvalue weighted by atomic mass is 10.0. The van der Waals surface area contributed by atoms with E-state index in [4.69, 9.17) is 0 Å². The molecule has 0 heterocycles. The van der Waals surface area contributed by atoms with Crippen LogP contribution in [0.2, 0.25) is 0 Å². The fourth-order valence-corrected chi connectivity index (χ4v) is 7.69. The van der Waals surface area contributed by atoms with Crippen LogP contribution in [0.5, 0.6) is 0 Å². The highest BCUT2D eigenvalue weighted by molar-refractivity contribution is 5.80. The van der Waals surface area contributed by atoms with Crippen molar-refractivity contribution < 1.29 is 20.1 Å². The molecule has 0 aliphatic carbocycles. The van der Waals surface area contributed by atoms with E-state index >= 15 is 0 Å². The Kier molecular flexibility index (Phi) is 44.6. The Morgan fingerprint density at radius 1 is 0.436 bits per heavy atom. The van der Waals surface area contributed by atoms with Crippen molar-refractivity contribution in [1.29, 1.82) is 0 Å². The minimum Gasteiger partial charge on any atom is -0.394 e. The van der Waals surface area contributed by atoms with Gasteiger partial charge in [0.15, 0.2) is 0 Å². The third kappa shape index (κ3) is 40.8. The highest BCUT2D eigenvalue weighted by atomic mass is 16.3. The van der Waals surface area contributed by atoms with Crippen LogP contribution in [0.3, 0.4) is 0 Å². The van der Waals surface area contributed by atoms with Gasteiger partial charge in [-0.1, -0.05) is 244 Å². The number of aliphatic hydroxyl groups is 3. The van der Waals surface area contributed by atoms with Crippen LogP contribution in [-0.4, -0.2) is 46.1 Å². The van der Waals surface area contributed by atoms with Crippen molar-refractivity contribution in [1.82, 2.24) is 5.32 Å². The van der Waals surface area contributed by atoms with Crippen molar-refractivity contribution in [2.75, 3.05) is 6.61 Å². The lowest BCUT2D eigenvalue weighted by Crippen LogP contribution is -2.49. The maximum Gasteiger partial charge on any atom is 0.249 e. The van der Waals surface area contributed by atoms with E-state index in [0.29, 0.717) is 12.8 Å². The average molecular weight is 776 g/mol. The number of unbranched alkanes of at least 4 members (excludes halogenated alkanes) is 33. The van der Waals surface area contributed by atoms with Crippen molar-refractivity contribution >= 4 is 5.91 Å². The van der Waals surface area contributed by atoms with Gasteiger partial charge in [0.2, 0.25) is 5.91 Å². The first kappa shape index (κ1) is 53.8. The fraction of sp³-hybridized carbons (Fsp3) is 0.900. The van der Waals surface area contributed by atoms with Crippen molar-refractivity contribution in [3.8, 4) is 0 Å².